The lowest BCUT2D eigenvalue weighted by Gasteiger charge is -2.31. The van der Waals surface area contributed by atoms with Crippen LogP contribution in [0.25, 0.3) is 5.82 Å². The Bertz CT molecular complexity index is 1090. The van der Waals surface area contributed by atoms with Crippen molar-refractivity contribution in [2.75, 3.05) is 18.4 Å². The standard InChI is InChI=1S/C21H25N7O2S/c29-19-7-6-18(27-11-3-10-22-27)25-28(19)14-15-8-12-26(13-9-15)21(30)24-20-23-16-4-1-2-5-17(16)31-20/h3,6-7,10-11,15H,1-2,4-5,8-9,12-14H2,(H,23,24,30). The number of piperidine rings is 1. The number of carbonyl (C=O) groups is 1. The first-order valence-electron chi connectivity index (χ1n) is 10.8. The summed E-state index contributed by atoms with van der Waals surface area (Å²) < 4.78 is 3.15. The highest BCUT2D eigenvalue weighted by Crippen LogP contribution is 2.30. The van der Waals surface area contributed by atoms with Crippen LogP contribution in [0.2, 0.25) is 0 Å². The van der Waals surface area contributed by atoms with Gasteiger partial charge in [0.25, 0.3) is 5.56 Å². The van der Waals surface area contributed by atoms with Crippen molar-refractivity contribution in [3.63, 3.8) is 0 Å². The third-order valence-electron chi connectivity index (χ3n) is 5.98. The Balaban J connectivity index is 1.17. The minimum atomic E-state index is -0.121. The van der Waals surface area contributed by atoms with Crippen molar-refractivity contribution in [1.82, 2.24) is 29.4 Å². The van der Waals surface area contributed by atoms with Crippen LogP contribution in [0, 0.1) is 5.92 Å². The zero-order chi connectivity index (χ0) is 21.2. The van der Waals surface area contributed by atoms with Crippen molar-refractivity contribution in [1.29, 1.82) is 0 Å². The molecule has 31 heavy (non-hydrogen) atoms. The van der Waals surface area contributed by atoms with Crippen LogP contribution in [0.3, 0.4) is 0 Å². The highest BCUT2D eigenvalue weighted by molar-refractivity contribution is 7.15. The van der Waals surface area contributed by atoms with Crippen LogP contribution in [0.1, 0.15) is 36.3 Å². The first kappa shape index (κ1) is 19.9. The topological polar surface area (TPSA) is 97.9 Å². The quantitative estimate of drug-likeness (QED) is 0.674. The molecule has 1 aliphatic heterocycles. The summed E-state index contributed by atoms with van der Waals surface area (Å²) in [5, 5.41) is 12.3. The summed E-state index contributed by atoms with van der Waals surface area (Å²) in [6.45, 7) is 1.87. The second-order valence-electron chi connectivity index (χ2n) is 8.12. The number of aryl methyl sites for hydroxylation is 2. The smallest absolute Gasteiger partial charge is 0.323 e. The van der Waals surface area contributed by atoms with Gasteiger partial charge in [0.2, 0.25) is 0 Å². The fraction of sp³-hybridized carbons (Fsp3) is 0.476. The van der Waals surface area contributed by atoms with Crippen molar-refractivity contribution in [3.05, 3.63) is 51.5 Å². The van der Waals surface area contributed by atoms with E-state index in [1.54, 1.807) is 34.5 Å². The van der Waals surface area contributed by atoms with E-state index in [0.717, 1.165) is 31.4 Å². The molecule has 3 aromatic heterocycles. The van der Waals surface area contributed by atoms with Gasteiger partial charge in [-0.3, -0.25) is 10.1 Å². The first-order chi connectivity index (χ1) is 15.2. The van der Waals surface area contributed by atoms with Crippen molar-refractivity contribution in [3.8, 4) is 5.82 Å². The lowest BCUT2D eigenvalue weighted by atomic mass is 9.97. The average molecular weight is 440 g/mol. The number of fused-ring (bicyclic) bond motifs is 1. The molecule has 9 nitrogen and oxygen atoms in total. The van der Waals surface area contributed by atoms with Gasteiger partial charge in [-0.2, -0.15) is 5.10 Å². The number of carbonyl (C=O) groups excluding carboxylic acids is 1. The second kappa shape index (κ2) is 8.62. The van der Waals surface area contributed by atoms with Crippen LogP contribution in [0.5, 0.6) is 0 Å². The normalized spacial score (nSPS) is 16.8. The molecule has 0 spiro atoms. The molecular formula is C21H25N7O2S. The Labute approximate surface area is 183 Å². The Hall–Kier alpha value is -3.01. The van der Waals surface area contributed by atoms with E-state index in [4.69, 9.17) is 0 Å². The molecule has 0 radical (unpaired) electrons. The minimum Gasteiger partial charge on any atom is -0.324 e. The summed E-state index contributed by atoms with van der Waals surface area (Å²) >= 11 is 1.61. The average Bonchev–Trinajstić information content (AvgIpc) is 3.45. The number of thiazole rings is 1. The van der Waals surface area contributed by atoms with Crippen LogP contribution >= 0.6 is 11.3 Å². The Morgan fingerprint density at radius 3 is 2.81 bits per heavy atom. The zero-order valence-electron chi connectivity index (χ0n) is 17.2. The monoisotopic (exact) mass is 439 g/mol. The van der Waals surface area contributed by atoms with E-state index in [-0.39, 0.29) is 11.6 Å². The fourth-order valence-electron chi connectivity index (χ4n) is 4.23. The van der Waals surface area contributed by atoms with E-state index in [1.165, 1.54) is 28.5 Å². The highest BCUT2D eigenvalue weighted by Gasteiger charge is 2.25. The number of amides is 2. The molecule has 0 aromatic carbocycles. The molecule has 10 heteroatoms. The second-order valence-corrected chi connectivity index (χ2v) is 9.20. The molecule has 1 saturated heterocycles. The molecule has 2 aliphatic rings. The number of hydrogen-bond acceptors (Lipinski definition) is 6. The van der Waals surface area contributed by atoms with Crippen molar-refractivity contribution < 1.29 is 4.79 Å². The summed E-state index contributed by atoms with van der Waals surface area (Å²) in [6, 6.07) is 4.94. The number of aromatic nitrogens is 5. The molecule has 2 amide bonds. The fourth-order valence-corrected chi connectivity index (χ4v) is 5.27. The largest absolute Gasteiger partial charge is 0.324 e. The number of anilines is 1. The predicted molar refractivity (Wildman–Crippen MR) is 118 cm³/mol. The van der Waals surface area contributed by atoms with Crippen LogP contribution < -0.4 is 10.9 Å². The molecule has 4 heterocycles. The van der Waals surface area contributed by atoms with Gasteiger partial charge in [-0.1, -0.05) is 0 Å². The molecule has 0 unspecified atom stereocenters. The Morgan fingerprint density at radius 2 is 2.03 bits per heavy atom. The van der Waals surface area contributed by atoms with Crippen LogP contribution in [-0.2, 0) is 19.4 Å². The number of nitrogens with one attached hydrogen (secondary N) is 1. The summed E-state index contributed by atoms with van der Waals surface area (Å²) in [7, 11) is 0. The first-order valence-corrected chi connectivity index (χ1v) is 11.6. The maximum Gasteiger partial charge on any atom is 0.323 e. The lowest BCUT2D eigenvalue weighted by Crippen LogP contribution is -2.42. The number of likely N-dealkylation sites (tertiary alicyclic amines) is 1. The Kier molecular flexibility index (Phi) is 5.54. The van der Waals surface area contributed by atoms with Gasteiger partial charge >= 0.3 is 6.03 Å². The summed E-state index contributed by atoms with van der Waals surface area (Å²) in [4.78, 5) is 32.7. The molecule has 162 valence electrons. The molecule has 1 fully saturated rings. The number of urea groups is 1. The van der Waals surface area contributed by atoms with Gasteiger partial charge in [0.05, 0.1) is 5.69 Å². The molecular weight excluding hydrogens is 414 g/mol. The van der Waals surface area contributed by atoms with Crippen LogP contribution in [-0.4, -0.2) is 48.6 Å². The predicted octanol–water partition coefficient (Wildman–Crippen LogP) is 2.71. The minimum absolute atomic E-state index is 0.0829. The number of rotatable bonds is 4. The van der Waals surface area contributed by atoms with Crippen molar-refractivity contribution >= 4 is 22.5 Å². The van der Waals surface area contributed by atoms with Crippen molar-refractivity contribution in [2.45, 2.75) is 45.1 Å². The zero-order valence-corrected chi connectivity index (χ0v) is 18.1. The van der Waals surface area contributed by atoms with E-state index in [9.17, 15) is 9.59 Å². The van der Waals surface area contributed by atoms with Crippen LogP contribution in [0.15, 0.2) is 35.4 Å². The van der Waals surface area contributed by atoms with Gasteiger partial charge in [0, 0.05) is 43.0 Å². The van der Waals surface area contributed by atoms with Crippen LogP contribution in [0.4, 0.5) is 9.93 Å². The maximum absolute atomic E-state index is 12.7. The van der Waals surface area contributed by atoms with E-state index in [2.05, 4.69) is 20.5 Å². The van der Waals surface area contributed by atoms with E-state index in [0.29, 0.717) is 36.5 Å². The molecule has 0 bridgehead atoms. The SMILES string of the molecule is O=C(Nc1nc2c(s1)CCCC2)N1CCC(Cn2nc(-n3cccn3)ccc2=O)CC1. The summed E-state index contributed by atoms with van der Waals surface area (Å²) in [5.41, 5.74) is 1.03. The molecule has 5 rings (SSSR count). The molecule has 0 atom stereocenters. The van der Waals surface area contributed by atoms with Gasteiger partial charge in [-0.25, -0.2) is 19.1 Å². The van der Waals surface area contributed by atoms with Gasteiger partial charge in [-0.15, -0.1) is 16.4 Å². The van der Waals surface area contributed by atoms with E-state index in [1.807, 2.05) is 11.0 Å². The van der Waals surface area contributed by atoms with E-state index >= 15 is 0 Å². The summed E-state index contributed by atoms with van der Waals surface area (Å²) in [6.07, 6.45) is 9.63. The third-order valence-corrected chi connectivity index (χ3v) is 7.06. The highest BCUT2D eigenvalue weighted by atomic mass is 32.1. The van der Waals surface area contributed by atoms with Crippen molar-refractivity contribution in [2.24, 2.45) is 5.92 Å². The van der Waals surface area contributed by atoms with E-state index < -0.39 is 0 Å². The van der Waals surface area contributed by atoms with Gasteiger partial charge < -0.3 is 4.90 Å². The third kappa shape index (κ3) is 4.39. The maximum atomic E-state index is 12.7. The van der Waals surface area contributed by atoms with Gasteiger partial charge in [0.1, 0.15) is 0 Å². The number of nitrogens with zero attached hydrogens (tertiary/aromatic N) is 6. The van der Waals surface area contributed by atoms with Gasteiger partial charge in [0.15, 0.2) is 10.9 Å². The molecule has 1 N–H and O–H groups in total. The molecule has 3 aromatic rings. The van der Waals surface area contributed by atoms with Gasteiger partial charge in [-0.05, 0) is 56.6 Å². The molecule has 0 saturated carbocycles. The Morgan fingerprint density at radius 1 is 1.19 bits per heavy atom. The summed E-state index contributed by atoms with van der Waals surface area (Å²) in [5.74, 6) is 0.918. The lowest BCUT2D eigenvalue weighted by molar-refractivity contribution is 0.174. The molecule has 1 aliphatic carbocycles. The number of hydrogen-bond donors (Lipinski definition) is 1.